The summed E-state index contributed by atoms with van der Waals surface area (Å²) in [5.74, 6) is 0.120. The van der Waals surface area contributed by atoms with Crippen LogP contribution in [0, 0.1) is 0 Å². The molecule has 5 N–H and O–H groups in total. The number of amides is 1. The fourth-order valence-electron chi connectivity index (χ4n) is 3.07. The van der Waals surface area contributed by atoms with Crippen molar-refractivity contribution in [3.8, 4) is 16.9 Å². The van der Waals surface area contributed by atoms with Crippen molar-refractivity contribution in [2.75, 3.05) is 13.7 Å². The number of hydrogen-bond acceptors (Lipinski definition) is 7. The Morgan fingerprint density at radius 3 is 2.54 bits per heavy atom. The molecule has 0 spiro atoms. The maximum absolute atomic E-state index is 11.9. The number of ether oxygens (including phenoxy) is 2. The van der Waals surface area contributed by atoms with E-state index in [1.54, 1.807) is 49.5 Å². The van der Waals surface area contributed by atoms with Crippen molar-refractivity contribution in [3.63, 3.8) is 0 Å². The predicted octanol–water partition coefficient (Wildman–Crippen LogP) is -0.108. The van der Waals surface area contributed by atoms with Gasteiger partial charge in [0.1, 0.15) is 30.2 Å². The summed E-state index contributed by atoms with van der Waals surface area (Å²) in [5, 5.41) is 41.9. The highest BCUT2D eigenvalue weighted by molar-refractivity contribution is 5.95. The van der Waals surface area contributed by atoms with Gasteiger partial charge in [-0.1, -0.05) is 30.3 Å². The number of carbonyl (C=O) groups excluding carboxylic acids is 1. The van der Waals surface area contributed by atoms with E-state index >= 15 is 0 Å². The molecule has 0 saturated carbocycles. The van der Waals surface area contributed by atoms with Crippen LogP contribution in [0.5, 0.6) is 5.75 Å². The van der Waals surface area contributed by atoms with Crippen molar-refractivity contribution in [3.05, 3.63) is 54.1 Å². The second-order valence-corrected chi connectivity index (χ2v) is 6.47. The number of hydrogen-bond donors (Lipinski definition) is 5. The van der Waals surface area contributed by atoms with Crippen molar-refractivity contribution >= 4 is 5.91 Å². The van der Waals surface area contributed by atoms with Crippen LogP contribution in [0.2, 0.25) is 0 Å². The molecule has 1 amide bonds. The third-order valence-corrected chi connectivity index (χ3v) is 4.64. The van der Waals surface area contributed by atoms with Crippen LogP contribution in [0.1, 0.15) is 10.4 Å². The van der Waals surface area contributed by atoms with E-state index in [9.17, 15) is 25.2 Å². The molecule has 1 heterocycles. The number of nitrogens with one attached hydrogen (secondary N) is 1. The molecular weight excluding hydrogens is 366 g/mol. The highest BCUT2D eigenvalue weighted by atomic mass is 16.7. The van der Waals surface area contributed by atoms with E-state index in [4.69, 9.17) is 9.47 Å². The first-order chi connectivity index (χ1) is 13.5. The molecule has 150 valence electrons. The number of aliphatic hydroxyl groups is 4. The molecule has 4 unspecified atom stereocenters. The van der Waals surface area contributed by atoms with E-state index in [1.807, 2.05) is 6.07 Å². The van der Waals surface area contributed by atoms with Gasteiger partial charge in [-0.05, 0) is 23.8 Å². The van der Waals surface area contributed by atoms with Crippen molar-refractivity contribution in [1.82, 2.24) is 5.32 Å². The zero-order chi connectivity index (χ0) is 20.3. The summed E-state index contributed by atoms with van der Waals surface area (Å²) in [6.45, 7) is -0.541. The van der Waals surface area contributed by atoms with Crippen LogP contribution in [-0.4, -0.2) is 70.7 Å². The minimum Gasteiger partial charge on any atom is -0.461 e. The fourth-order valence-corrected chi connectivity index (χ4v) is 3.07. The molecule has 0 bridgehead atoms. The Balaban J connectivity index is 1.90. The Morgan fingerprint density at radius 2 is 1.82 bits per heavy atom. The van der Waals surface area contributed by atoms with Gasteiger partial charge < -0.3 is 35.2 Å². The highest BCUT2D eigenvalue weighted by Crippen LogP contribution is 2.33. The van der Waals surface area contributed by atoms with Crippen LogP contribution < -0.4 is 10.1 Å². The lowest BCUT2D eigenvalue weighted by Gasteiger charge is -2.39. The van der Waals surface area contributed by atoms with Crippen LogP contribution in [0.4, 0.5) is 0 Å². The minimum atomic E-state index is -1.53. The van der Waals surface area contributed by atoms with Gasteiger partial charge in [-0.3, -0.25) is 4.79 Å². The van der Waals surface area contributed by atoms with Gasteiger partial charge in [-0.15, -0.1) is 0 Å². The lowest BCUT2D eigenvalue weighted by atomic mass is 9.99. The second-order valence-electron chi connectivity index (χ2n) is 6.47. The molecule has 1 saturated heterocycles. The fraction of sp³-hybridized carbons (Fsp3) is 0.350. The number of benzene rings is 2. The quantitative estimate of drug-likeness (QED) is 0.483. The normalized spacial score (nSPS) is 27.2. The van der Waals surface area contributed by atoms with Gasteiger partial charge in [-0.25, -0.2) is 0 Å². The Bertz CT molecular complexity index is 826. The lowest BCUT2D eigenvalue weighted by Crippen LogP contribution is -2.60. The predicted molar refractivity (Wildman–Crippen MR) is 99.7 cm³/mol. The molecule has 8 heteroatoms. The first-order valence-corrected chi connectivity index (χ1v) is 8.85. The molecule has 5 atom stereocenters. The second kappa shape index (κ2) is 8.68. The molecule has 2 aromatic carbocycles. The number of rotatable bonds is 5. The first kappa shape index (κ1) is 20.2. The summed E-state index contributed by atoms with van der Waals surface area (Å²) in [6.07, 6.45) is -6.85. The number of para-hydroxylation sites is 1. The van der Waals surface area contributed by atoms with Crippen molar-refractivity contribution < 1.29 is 34.7 Å². The van der Waals surface area contributed by atoms with Crippen LogP contribution in [0.15, 0.2) is 48.5 Å². The zero-order valence-electron chi connectivity index (χ0n) is 15.2. The van der Waals surface area contributed by atoms with E-state index in [1.165, 1.54) is 0 Å². The minimum absolute atomic E-state index is 0.228. The van der Waals surface area contributed by atoms with Crippen molar-refractivity contribution in [2.24, 2.45) is 0 Å². The maximum atomic E-state index is 11.9. The summed E-state index contributed by atoms with van der Waals surface area (Å²) in [5.41, 5.74) is 1.83. The lowest BCUT2D eigenvalue weighted by molar-refractivity contribution is -0.277. The van der Waals surface area contributed by atoms with Gasteiger partial charge in [0.2, 0.25) is 6.29 Å². The number of carbonyl (C=O) groups is 1. The molecule has 1 aliphatic heterocycles. The van der Waals surface area contributed by atoms with Crippen LogP contribution in [0.3, 0.4) is 0 Å². The van der Waals surface area contributed by atoms with Crippen molar-refractivity contribution in [2.45, 2.75) is 30.7 Å². The van der Waals surface area contributed by atoms with Gasteiger partial charge in [0.15, 0.2) is 0 Å². The SMILES string of the molecule is CNC(=O)c1cccc(-c2ccccc2O[C@@H]2OC(CO)C(O)C(O)C2O)c1. The molecule has 0 radical (unpaired) electrons. The topological polar surface area (TPSA) is 128 Å². The van der Waals surface area contributed by atoms with Gasteiger partial charge >= 0.3 is 0 Å². The number of aliphatic hydroxyl groups excluding tert-OH is 4. The molecule has 8 nitrogen and oxygen atoms in total. The first-order valence-electron chi connectivity index (χ1n) is 8.85. The van der Waals surface area contributed by atoms with Crippen molar-refractivity contribution in [1.29, 1.82) is 0 Å². The Morgan fingerprint density at radius 1 is 1.07 bits per heavy atom. The van der Waals surface area contributed by atoms with Crippen LogP contribution in [0.25, 0.3) is 11.1 Å². The zero-order valence-corrected chi connectivity index (χ0v) is 15.2. The molecule has 1 aliphatic rings. The largest absolute Gasteiger partial charge is 0.461 e. The summed E-state index contributed by atoms with van der Waals surface area (Å²) >= 11 is 0. The summed E-state index contributed by atoms with van der Waals surface area (Å²) in [7, 11) is 1.55. The third kappa shape index (κ3) is 4.01. The summed E-state index contributed by atoms with van der Waals surface area (Å²) in [4.78, 5) is 11.9. The summed E-state index contributed by atoms with van der Waals surface area (Å²) in [6, 6.07) is 13.9. The molecular formula is C20H23NO7. The van der Waals surface area contributed by atoms with Crippen LogP contribution >= 0.6 is 0 Å². The molecule has 0 aliphatic carbocycles. The van der Waals surface area contributed by atoms with Gasteiger partial charge in [-0.2, -0.15) is 0 Å². The van der Waals surface area contributed by atoms with E-state index in [0.29, 0.717) is 22.4 Å². The van der Waals surface area contributed by atoms with E-state index in [-0.39, 0.29) is 5.91 Å². The van der Waals surface area contributed by atoms with Gasteiger partial charge in [0, 0.05) is 18.2 Å². The molecule has 28 heavy (non-hydrogen) atoms. The highest BCUT2D eigenvalue weighted by Gasteiger charge is 2.44. The van der Waals surface area contributed by atoms with Gasteiger partial charge in [0.05, 0.1) is 6.61 Å². The Hall–Kier alpha value is -2.49. The van der Waals surface area contributed by atoms with Crippen LogP contribution in [-0.2, 0) is 4.74 Å². The third-order valence-electron chi connectivity index (χ3n) is 4.64. The standard InChI is InChI=1S/C20H23NO7/c1-21-19(26)12-6-4-5-11(9-12)13-7-2-3-8-14(13)27-20-18(25)17(24)16(23)15(10-22)28-20/h2-9,15-18,20,22-25H,10H2,1H3,(H,21,26)/t15?,16?,17?,18?,20-/m1/s1. The monoisotopic (exact) mass is 389 g/mol. The smallest absolute Gasteiger partial charge is 0.251 e. The average molecular weight is 389 g/mol. The average Bonchev–Trinajstić information content (AvgIpc) is 2.74. The molecule has 2 aromatic rings. The molecule has 3 rings (SSSR count). The summed E-state index contributed by atoms with van der Waals surface area (Å²) < 4.78 is 11.2. The Labute approximate surface area is 162 Å². The Kier molecular flexibility index (Phi) is 6.28. The maximum Gasteiger partial charge on any atom is 0.251 e. The van der Waals surface area contributed by atoms with Gasteiger partial charge in [0.25, 0.3) is 5.91 Å². The van der Waals surface area contributed by atoms with E-state index < -0.39 is 37.3 Å². The molecule has 0 aromatic heterocycles. The molecule has 1 fully saturated rings. The van der Waals surface area contributed by atoms with E-state index in [0.717, 1.165) is 0 Å². The van der Waals surface area contributed by atoms with E-state index in [2.05, 4.69) is 5.32 Å².